The predicted octanol–water partition coefficient (Wildman–Crippen LogP) is 1.98. The molecule has 0 radical (unpaired) electrons. The molecule has 0 aliphatic carbocycles. The van der Waals surface area contributed by atoms with E-state index in [4.69, 9.17) is 10.5 Å². The normalized spacial score (nSPS) is 14.8. The molecule has 0 spiro atoms. The van der Waals surface area contributed by atoms with E-state index in [9.17, 15) is 0 Å². The fraction of sp³-hybridized carbons (Fsp3) is 0.769. The summed E-state index contributed by atoms with van der Waals surface area (Å²) < 4.78 is 7.62. The molecule has 0 aromatic carbocycles. The van der Waals surface area contributed by atoms with Gasteiger partial charge in [0.2, 0.25) is 0 Å². The number of ether oxygens (including phenoxy) is 1. The quantitative estimate of drug-likeness (QED) is 0.754. The van der Waals surface area contributed by atoms with E-state index in [2.05, 4.69) is 23.4 Å². The zero-order chi connectivity index (χ0) is 12.7. The lowest BCUT2D eigenvalue weighted by Crippen LogP contribution is -2.38. The van der Waals surface area contributed by atoms with Crippen LogP contribution in [0.3, 0.4) is 0 Å². The smallest absolute Gasteiger partial charge is 0.110 e. The number of nitrogens with zero attached hydrogens (tertiary/aromatic N) is 2. The van der Waals surface area contributed by atoms with Crippen LogP contribution < -0.4 is 5.73 Å². The fourth-order valence-electron chi connectivity index (χ4n) is 2.11. The molecule has 0 aliphatic heterocycles. The van der Waals surface area contributed by atoms with Crippen LogP contribution in [0.15, 0.2) is 12.4 Å². The SMILES string of the molecule is CCCC(OC)C(N)Cc1nccn1CCC. The summed E-state index contributed by atoms with van der Waals surface area (Å²) >= 11 is 0. The third-order valence-corrected chi connectivity index (χ3v) is 3.04. The van der Waals surface area contributed by atoms with E-state index in [-0.39, 0.29) is 12.1 Å². The van der Waals surface area contributed by atoms with Crippen molar-refractivity contribution in [2.75, 3.05) is 7.11 Å². The first-order valence-corrected chi connectivity index (χ1v) is 6.51. The highest BCUT2D eigenvalue weighted by Crippen LogP contribution is 2.10. The van der Waals surface area contributed by atoms with Gasteiger partial charge in [0, 0.05) is 38.5 Å². The second kappa shape index (κ2) is 7.45. The lowest BCUT2D eigenvalue weighted by Gasteiger charge is -2.22. The maximum Gasteiger partial charge on any atom is 0.110 e. The van der Waals surface area contributed by atoms with Crippen molar-refractivity contribution in [3.05, 3.63) is 18.2 Å². The Bertz CT molecular complexity index is 311. The van der Waals surface area contributed by atoms with Gasteiger partial charge in [-0.2, -0.15) is 0 Å². The fourth-order valence-corrected chi connectivity index (χ4v) is 2.11. The summed E-state index contributed by atoms with van der Waals surface area (Å²) in [6, 6.07) is 0.0259. The standard InChI is InChI=1S/C13H25N3O/c1-4-6-12(17-3)11(14)10-13-15-7-9-16(13)8-5-2/h7,9,11-12H,4-6,8,10,14H2,1-3H3. The molecule has 17 heavy (non-hydrogen) atoms. The van der Waals surface area contributed by atoms with E-state index < -0.39 is 0 Å². The van der Waals surface area contributed by atoms with Gasteiger partial charge in [-0.05, 0) is 12.8 Å². The molecule has 2 unspecified atom stereocenters. The molecule has 1 aromatic heterocycles. The van der Waals surface area contributed by atoms with Crippen molar-refractivity contribution in [2.24, 2.45) is 5.73 Å². The maximum absolute atomic E-state index is 6.19. The van der Waals surface area contributed by atoms with Gasteiger partial charge >= 0.3 is 0 Å². The molecule has 4 nitrogen and oxygen atoms in total. The van der Waals surface area contributed by atoms with Crippen molar-refractivity contribution in [3.63, 3.8) is 0 Å². The average Bonchev–Trinajstić information content (AvgIpc) is 2.74. The number of aromatic nitrogens is 2. The molecule has 4 heteroatoms. The first-order valence-electron chi connectivity index (χ1n) is 6.51. The Morgan fingerprint density at radius 1 is 1.41 bits per heavy atom. The van der Waals surface area contributed by atoms with Crippen LogP contribution in [0, 0.1) is 0 Å². The van der Waals surface area contributed by atoms with E-state index in [1.54, 1.807) is 7.11 Å². The number of methoxy groups -OCH3 is 1. The van der Waals surface area contributed by atoms with Crippen molar-refractivity contribution in [3.8, 4) is 0 Å². The van der Waals surface area contributed by atoms with E-state index in [1.807, 2.05) is 12.4 Å². The van der Waals surface area contributed by atoms with Gasteiger partial charge in [0.05, 0.1) is 6.10 Å². The minimum absolute atomic E-state index is 0.0259. The van der Waals surface area contributed by atoms with Gasteiger partial charge in [-0.15, -0.1) is 0 Å². The molecule has 98 valence electrons. The van der Waals surface area contributed by atoms with Gasteiger partial charge in [0.15, 0.2) is 0 Å². The summed E-state index contributed by atoms with van der Waals surface area (Å²) in [6.45, 7) is 5.32. The lowest BCUT2D eigenvalue weighted by molar-refractivity contribution is 0.0719. The lowest BCUT2D eigenvalue weighted by atomic mass is 10.0. The van der Waals surface area contributed by atoms with Crippen LogP contribution in [0.1, 0.15) is 38.9 Å². The topological polar surface area (TPSA) is 53.1 Å². The second-order valence-corrected chi connectivity index (χ2v) is 4.47. The van der Waals surface area contributed by atoms with Crippen LogP contribution >= 0.6 is 0 Å². The minimum atomic E-state index is 0.0259. The van der Waals surface area contributed by atoms with Crippen LogP contribution in [0.5, 0.6) is 0 Å². The monoisotopic (exact) mass is 239 g/mol. The number of hydrogen-bond acceptors (Lipinski definition) is 3. The Balaban J connectivity index is 2.59. The number of nitrogens with two attached hydrogens (primary N) is 1. The third-order valence-electron chi connectivity index (χ3n) is 3.04. The molecule has 1 aromatic rings. The number of hydrogen-bond donors (Lipinski definition) is 1. The van der Waals surface area contributed by atoms with Crippen molar-refractivity contribution in [2.45, 2.75) is 58.2 Å². The van der Waals surface area contributed by atoms with Gasteiger partial charge in [0.1, 0.15) is 5.82 Å². The van der Waals surface area contributed by atoms with Crippen LogP contribution in [-0.2, 0) is 17.7 Å². The first kappa shape index (κ1) is 14.2. The van der Waals surface area contributed by atoms with E-state index in [0.29, 0.717) is 0 Å². The summed E-state index contributed by atoms with van der Waals surface area (Å²) in [4.78, 5) is 4.38. The molecule has 1 rings (SSSR count). The molecule has 0 saturated carbocycles. The Kier molecular flexibility index (Phi) is 6.22. The van der Waals surface area contributed by atoms with Crippen molar-refractivity contribution >= 4 is 0 Å². The highest BCUT2D eigenvalue weighted by Gasteiger charge is 2.18. The van der Waals surface area contributed by atoms with Crippen LogP contribution in [0.25, 0.3) is 0 Å². The Labute approximate surface area is 104 Å². The molecule has 0 saturated heterocycles. The van der Waals surface area contributed by atoms with Gasteiger partial charge in [0.25, 0.3) is 0 Å². The van der Waals surface area contributed by atoms with Gasteiger partial charge in [-0.25, -0.2) is 4.98 Å². The van der Waals surface area contributed by atoms with Gasteiger partial charge in [-0.3, -0.25) is 0 Å². The molecule has 0 bridgehead atoms. The van der Waals surface area contributed by atoms with E-state index in [1.165, 1.54) is 0 Å². The Hall–Kier alpha value is -0.870. The molecule has 0 amide bonds. The Morgan fingerprint density at radius 3 is 2.76 bits per heavy atom. The molecule has 2 N–H and O–H groups in total. The van der Waals surface area contributed by atoms with Crippen molar-refractivity contribution < 1.29 is 4.74 Å². The average molecular weight is 239 g/mol. The highest BCUT2D eigenvalue weighted by molar-refractivity contribution is 4.96. The number of aryl methyl sites for hydroxylation is 1. The van der Waals surface area contributed by atoms with Crippen LogP contribution in [-0.4, -0.2) is 28.8 Å². The third kappa shape index (κ3) is 4.13. The molecule has 2 atom stereocenters. The molecular weight excluding hydrogens is 214 g/mol. The summed E-state index contributed by atoms with van der Waals surface area (Å²) in [7, 11) is 1.73. The summed E-state index contributed by atoms with van der Waals surface area (Å²) in [5.41, 5.74) is 6.19. The first-order chi connectivity index (χ1) is 8.22. The minimum Gasteiger partial charge on any atom is -0.380 e. The Morgan fingerprint density at radius 2 is 2.18 bits per heavy atom. The zero-order valence-corrected chi connectivity index (χ0v) is 11.2. The largest absolute Gasteiger partial charge is 0.380 e. The highest BCUT2D eigenvalue weighted by atomic mass is 16.5. The number of imidazole rings is 1. The molecule has 0 fully saturated rings. The summed E-state index contributed by atoms with van der Waals surface area (Å²) in [5.74, 6) is 1.07. The number of rotatable bonds is 8. The van der Waals surface area contributed by atoms with Crippen LogP contribution in [0.4, 0.5) is 0 Å². The van der Waals surface area contributed by atoms with E-state index >= 15 is 0 Å². The second-order valence-electron chi connectivity index (χ2n) is 4.47. The summed E-state index contributed by atoms with van der Waals surface area (Å²) in [6.07, 6.45) is 7.99. The maximum atomic E-state index is 6.19. The van der Waals surface area contributed by atoms with Crippen molar-refractivity contribution in [1.82, 2.24) is 9.55 Å². The van der Waals surface area contributed by atoms with E-state index in [0.717, 1.165) is 38.1 Å². The predicted molar refractivity (Wildman–Crippen MR) is 69.9 cm³/mol. The molecule has 1 heterocycles. The van der Waals surface area contributed by atoms with Crippen LogP contribution in [0.2, 0.25) is 0 Å². The summed E-state index contributed by atoms with van der Waals surface area (Å²) in [5, 5.41) is 0. The van der Waals surface area contributed by atoms with Crippen molar-refractivity contribution in [1.29, 1.82) is 0 Å². The zero-order valence-electron chi connectivity index (χ0n) is 11.2. The van der Waals surface area contributed by atoms with Gasteiger partial charge < -0.3 is 15.0 Å². The molecular formula is C13H25N3O. The molecule has 0 aliphatic rings. The van der Waals surface area contributed by atoms with Gasteiger partial charge in [-0.1, -0.05) is 20.3 Å².